The van der Waals surface area contributed by atoms with Gasteiger partial charge < -0.3 is 15.1 Å². The minimum absolute atomic E-state index is 0.173. The van der Waals surface area contributed by atoms with Crippen LogP contribution in [0, 0.1) is 6.92 Å². The van der Waals surface area contributed by atoms with Crippen LogP contribution in [0.4, 0.5) is 10.8 Å². The quantitative estimate of drug-likeness (QED) is 0.337. The first-order valence-corrected chi connectivity index (χ1v) is 11.4. The van der Waals surface area contributed by atoms with Gasteiger partial charge in [0, 0.05) is 21.5 Å². The molecule has 0 radical (unpaired) electrons. The molecule has 1 amide bonds. The van der Waals surface area contributed by atoms with E-state index in [2.05, 4.69) is 52.2 Å². The number of nitrogens with one attached hydrogen (secondary N) is 2. The second kappa shape index (κ2) is 9.19. The Bertz CT molecular complexity index is 1110. The van der Waals surface area contributed by atoms with Crippen LogP contribution in [0.3, 0.4) is 0 Å². The van der Waals surface area contributed by atoms with E-state index in [0.29, 0.717) is 0 Å². The molecule has 0 aliphatic heterocycles. The summed E-state index contributed by atoms with van der Waals surface area (Å²) in [5.74, 6) is 0.784. The molecule has 7 heteroatoms. The molecule has 0 bridgehead atoms. The van der Waals surface area contributed by atoms with E-state index < -0.39 is 0 Å². The Balaban J connectivity index is 1.71. The van der Waals surface area contributed by atoms with E-state index in [1.807, 2.05) is 25.1 Å². The fourth-order valence-corrected chi connectivity index (χ4v) is 4.51. The number of carbonyl (C=O) groups excluding carboxylic acids is 1. The molecule has 3 aromatic heterocycles. The second-order valence-electron chi connectivity index (χ2n) is 6.64. The number of rotatable bonds is 7. The summed E-state index contributed by atoms with van der Waals surface area (Å²) in [4.78, 5) is 19.3. The number of furan rings is 1. The molecule has 0 spiro atoms. The van der Waals surface area contributed by atoms with Crippen molar-refractivity contribution in [3.8, 4) is 0 Å². The number of benzene rings is 1. The summed E-state index contributed by atoms with van der Waals surface area (Å²) in [5.41, 5.74) is 2.07. The molecule has 3 heterocycles. The summed E-state index contributed by atoms with van der Waals surface area (Å²) in [6.45, 7) is 2.03. The van der Waals surface area contributed by atoms with Gasteiger partial charge in [0.2, 0.25) is 0 Å². The van der Waals surface area contributed by atoms with E-state index >= 15 is 0 Å². The summed E-state index contributed by atoms with van der Waals surface area (Å²) in [6.07, 6.45) is 5.31. The maximum absolute atomic E-state index is 12.6. The van der Waals surface area contributed by atoms with Gasteiger partial charge in [-0.25, -0.2) is 4.98 Å². The van der Waals surface area contributed by atoms with Crippen molar-refractivity contribution in [2.75, 3.05) is 16.9 Å². The molecule has 0 aliphatic rings. The molecule has 1 aromatic carbocycles. The number of hydrogen-bond donors (Lipinski definition) is 2. The van der Waals surface area contributed by atoms with E-state index in [1.54, 1.807) is 41.4 Å². The number of aromatic nitrogens is 1. The van der Waals surface area contributed by atoms with Crippen molar-refractivity contribution >= 4 is 39.8 Å². The van der Waals surface area contributed by atoms with E-state index in [1.165, 1.54) is 11.2 Å². The highest BCUT2D eigenvalue weighted by molar-refractivity contribution is 7.98. The average molecular weight is 436 g/mol. The van der Waals surface area contributed by atoms with Crippen LogP contribution in [-0.2, 0) is 0 Å². The van der Waals surface area contributed by atoms with Gasteiger partial charge in [0.25, 0.3) is 5.91 Å². The summed E-state index contributed by atoms with van der Waals surface area (Å²) < 4.78 is 5.25. The Morgan fingerprint density at radius 1 is 1.13 bits per heavy atom. The topological polar surface area (TPSA) is 67.2 Å². The van der Waals surface area contributed by atoms with Crippen molar-refractivity contribution in [3.63, 3.8) is 0 Å². The average Bonchev–Trinajstić information content (AvgIpc) is 3.43. The number of thioether (sulfide) groups is 1. The van der Waals surface area contributed by atoms with E-state index in [4.69, 9.17) is 4.42 Å². The van der Waals surface area contributed by atoms with Crippen LogP contribution in [0.5, 0.6) is 0 Å². The van der Waals surface area contributed by atoms with Crippen molar-refractivity contribution in [2.45, 2.75) is 17.9 Å². The van der Waals surface area contributed by atoms with Crippen LogP contribution in [-0.4, -0.2) is 17.1 Å². The third kappa shape index (κ3) is 4.58. The number of carbonyl (C=O) groups is 1. The predicted octanol–water partition coefficient (Wildman–Crippen LogP) is 6.22. The number of hydrogen-bond acceptors (Lipinski definition) is 6. The minimum atomic E-state index is -0.266. The van der Waals surface area contributed by atoms with Gasteiger partial charge in [-0.05, 0) is 61.2 Å². The zero-order valence-electron chi connectivity index (χ0n) is 16.6. The zero-order chi connectivity index (χ0) is 20.9. The molecule has 152 valence electrons. The van der Waals surface area contributed by atoms with Gasteiger partial charge in [0.1, 0.15) is 10.8 Å². The molecule has 0 fully saturated rings. The van der Waals surface area contributed by atoms with Gasteiger partial charge in [0.15, 0.2) is 5.76 Å². The Labute approximate surface area is 183 Å². The van der Waals surface area contributed by atoms with E-state index in [0.717, 1.165) is 26.8 Å². The maximum atomic E-state index is 12.6. The van der Waals surface area contributed by atoms with Crippen LogP contribution < -0.4 is 10.6 Å². The van der Waals surface area contributed by atoms with Crippen LogP contribution in [0.25, 0.3) is 0 Å². The highest BCUT2D eigenvalue weighted by Crippen LogP contribution is 2.38. The van der Waals surface area contributed by atoms with Gasteiger partial charge in [0.05, 0.1) is 12.3 Å². The number of pyridine rings is 1. The molecule has 2 N–H and O–H groups in total. The lowest BCUT2D eigenvalue weighted by Crippen LogP contribution is -2.16. The standard InChI is InChI=1S/C23H21N3O2S2/c1-15-14-18(23(30-15)26-22(27)19-6-5-13-28-19)21(25-20-7-3-4-12-24-20)16-8-10-17(29-2)11-9-16/h3-14,21H,1-2H3,(H,24,25)(H,26,27)/t21-/m1/s1. The zero-order valence-corrected chi connectivity index (χ0v) is 18.2. The van der Waals surface area contributed by atoms with Gasteiger partial charge in [-0.2, -0.15) is 0 Å². The van der Waals surface area contributed by atoms with Crippen molar-refractivity contribution in [2.24, 2.45) is 0 Å². The van der Waals surface area contributed by atoms with Crippen LogP contribution in [0.2, 0.25) is 0 Å². The smallest absolute Gasteiger partial charge is 0.291 e. The Hall–Kier alpha value is -3.03. The number of amides is 1. The van der Waals surface area contributed by atoms with Crippen molar-refractivity contribution in [1.29, 1.82) is 0 Å². The predicted molar refractivity (Wildman–Crippen MR) is 124 cm³/mol. The lowest BCUT2D eigenvalue weighted by Gasteiger charge is -2.21. The monoisotopic (exact) mass is 435 g/mol. The van der Waals surface area contributed by atoms with Crippen molar-refractivity contribution in [1.82, 2.24) is 4.98 Å². The fraction of sp³-hybridized carbons (Fsp3) is 0.130. The number of aryl methyl sites for hydroxylation is 1. The third-order valence-corrected chi connectivity index (χ3v) is 6.30. The molecule has 0 aliphatic carbocycles. The summed E-state index contributed by atoms with van der Waals surface area (Å²) in [6, 6.07) is 19.5. The summed E-state index contributed by atoms with van der Waals surface area (Å²) in [5, 5.41) is 7.33. The van der Waals surface area contributed by atoms with Crippen LogP contribution in [0.1, 0.15) is 32.6 Å². The van der Waals surface area contributed by atoms with Gasteiger partial charge in [-0.15, -0.1) is 23.1 Å². The molecule has 0 unspecified atom stereocenters. The minimum Gasteiger partial charge on any atom is -0.459 e. The first-order valence-electron chi connectivity index (χ1n) is 9.41. The highest BCUT2D eigenvalue weighted by atomic mass is 32.2. The SMILES string of the molecule is CSc1ccc([C@@H](Nc2ccccn2)c2cc(C)sc2NC(=O)c2ccco2)cc1. The van der Waals surface area contributed by atoms with Crippen LogP contribution in [0.15, 0.2) is 82.4 Å². The molecule has 4 rings (SSSR count). The molecule has 0 saturated carbocycles. The van der Waals surface area contributed by atoms with Crippen molar-refractivity contribution < 1.29 is 9.21 Å². The third-order valence-electron chi connectivity index (χ3n) is 4.57. The largest absolute Gasteiger partial charge is 0.459 e. The molecule has 30 heavy (non-hydrogen) atoms. The van der Waals surface area contributed by atoms with Crippen LogP contribution >= 0.6 is 23.1 Å². The summed E-state index contributed by atoms with van der Waals surface area (Å²) in [7, 11) is 0. The molecular weight excluding hydrogens is 414 g/mol. The number of anilines is 2. The fourth-order valence-electron chi connectivity index (χ4n) is 3.15. The normalized spacial score (nSPS) is 11.8. The first-order chi connectivity index (χ1) is 14.6. The molecule has 5 nitrogen and oxygen atoms in total. The van der Waals surface area contributed by atoms with Gasteiger partial charge in [-0.1, -0.05) is 18.2 Å². The first kappa shape index (κ1) is 20.3. The lowest BCUT2D eigenvalue weighted by molar-refractivity contribution is 0.0997. The number of thiophene rings is 1. The van der Waals surface area contributed by atoms with Gasteiger partial charge in [-0.3, -0.25) is 4.79 Å². The molecular formula is C23H21N3O2S2. The molecule has 0 saturated heterocycles. The maximum Gasteiger partial charge on any atom is 0.291 e. The highest BCUT2D eigenvalue weighted by Gasteiger charge is 2.22. The molecule has 4 aromatic rings. The lowest BCUT2D eigenvalue weighted by atomic mass is 10.00. The summed E-state index contributed by atoms with van der Waals surface area (Å²) >= 11 is 3.25. The Morgan fingerprint density at radius 2 is 1.97 bits per heavy atom. The van der Waals surface area contributed by atoms with Crippen molar-refractivity contribution in [3.05, 3.63) is 94.9 Å². The van der Waals surface area contributed by atoms with Gasteiger partial charge >= 0.3 is 0 Å². The Kier molecular flexibility index (Phi) is 6.21. The second-order valence-corrected chi connectivity index (χ2v) is 8.77. The van der Waals surface area contributed by atoms with E-state index in [9.17, 15) is 4.79 Å². The Morgan fingerprint density at radius 3 is 2.63 bits per heavy atom. The number of nitrogens with zero attached hydrogens (tertiary/aromatic N) is 1. The molecule has 1 atom stereocenters. The van der Waals surface area contributed by atoms with E-state index in [-0.39, 0.29) is 17.7 Å².